The van der Waals surface area contributed by atoms with Gasteiger partial charge in [0.2, 0.25) is 11.8 Å². The number of benzene rings is 3. The van der Waals surface area contributed by atoms with Crippen LogP contribution >= 0.6 is 23.2 Å². The van der Waals surface area contributed by atoms with Crippen molar-refractivity contribution >= 4 is 63.8 Å². The largest absolute Gasteiger partial charge is 0.486 e. The number of nitrogens with one attached hydrogen (secondary N) is 2. The molecule has 9 nitrogen and oxygen atoms in total. The average Bonchev–Trinajstić information content (AvgIpc) is 3.35. The molecule has 0 bridgehead atoms. The monoisotopic (exact) mass is 580 g/mol. The van der Waals surface area contributed by atoms with Gasteiger partial charge in [-0.1, -0.05) is 41.4 Å². The van der Waals surface area contributed by atoms with Crippen LogP contribution in [0.2, 0.25) is 10.0 Å². The molecule has 3 aromatic carbocycles. The van der Waals surface area contributed by atoms with Crippen molar-refractivity contribution in [3.05, 3.63) is 93.3 Å². The Morgan fingerprint density at radius 3 is 2.55 bits per heavy atom. The molecule has 1 aromatic heterocycles. The van der Waals surface area contributed by atoms with E-state index in [-0.39, 0.29) is 24.1 Å². The quantitative estimate of drug-likeness (QED) is 0.264. The maximum Gasteiger partial charge on any atom is 0.251 e. The van der Waals surface area contributed by atoms with Crippen LogP contribution in [0.1, 0.15) is 27.4 Å². The molecule has 40 heavy (non-hydrogen) atoms. The molecule has 0 unspecified atom stereocenters. The van der Waals surface area contributed by atoms with Crippen LogP contribution in [-0.4, -0.2) is 43.3 Å². The maximum absolute atomic E-state index is 12.8. The third-order valence-electron chi connectivity index (χ3n) is 6.00. The molecule has 206 valence electrons. The minimum atomic E-state index is -0.453. The van der Waals surface area contributed by atoms with E-state index in [2.05, 4.69) is 15.6 Å². The molecule has 0 fully saturated rings. The predicted octanol–water partition coefficient (Wildman–Crippen LogP) is 5.17. The lowest BCUT2D eigenvalue weighted by atomic mass is 10.1. The number of ether oxygens (including phenoxy) is 1. The second-order valence-corrected chi connectivity index (χ2v) is 9.47. The van der Waals surface area contributed by atoms with Crippen molar-refractivity contribution in [2.24, 2.45) is 0 Å². The lowest BCUT2D eigenvalue weighted by Gasteiger charge is -2.21. The van der Waals surface area contributed by atoms with Crippen molar-refractivity contribution in [3.63, 3.8) is 0 Å². The van der Waals surface area contributed by atoms with Crippen LogP contribution in [0.5, 0.6) is 5.75 Å². The van der Waals surface area contributed by atoms with Gasteiger partial charge in [-0.2, -0.15) is 0 Å². The van der Waals surface area contributed by atoms with Crippen LogP contribution < -0.4 is 20.3 Å². The minimum absolute atomic E-state index is 0.0319. The van der Waals surface area contributed by atoms with Gasteiger partial charge in [-0.15, -0.1) is 0 Å². The Kier molecular flexibility index (Phi) is 9.08. The highest BCUT2D eigenvalue weighted by Crippen LogP contribution is 2.35. The number of carbonyl (C=O) groups is 3. The second kappa shape index (κ2) is 12.7. The van der Waals surface area contributed by atoms with Gasteiger partial charge in [0, 0.05) is 43.2 Å². The molecule has 1 heterocycles. The number of halogens is 2. The zero-order valence-corrected chi connectivity index (χ0v) is 23.5. The number of aryl methyl sites for hydroxylation is 1. The van der Waals surface area contributed by atoms with Gasteiger partial charge in [0.25, 0.3) is 5.91 Å². The molecule has 0 radical (unpaired) electrons. The minimum Gasteiger partial charge on any atom is -0.486 e. The SMILES string of the molecule is CNC(=O)c1ccc(/C=C/C(=O)NCC(=O)N(C)c2ccc(Cl)c(COc3cccc4oc(C)nc34)c2Cl)cc1. The van der Waals surface area contributed by atoms with E-state index in [9.17, 15) is 14.4 Å². The van der Waals surface area contributed by atoms with E-state index in [0.29, 0.717) is 44.6 Å². The van der Waals surface area contributed by atoms with Gasteiger partial charge in [-0.3, -0.25) is 14.4 Å². The van der Waals surface area contributed by atoms with Gasteiger partial charge in [-0.05, 0) is 48.0 Å². The van der Waals surface area contributed by atoms with Crippen LogP contribution in [0, 0.1) is 6.92 Å². The highest BCUT2D eigenvalue weighted by atomic mass is 35.5. The summed E-state index contributed by atoms with van der Waals surface area (Å²) in [4.78, 5) is 42.4. The number of oxazole rings is 1. The normalized spacial score (nSPS) is 11.0. The molecule has 0 atom stereocenters. The average molecular weight is 581 g/mol. The molecule has 0 saturated heterocycles. The molecule has 3 amide bonds. The smallest absolute Gasteiger partial charge is 0.251 e. The van der Waals surface area contributed by atoms with Crippen molar-refractivity contribution < 1.29 is 23.5 Å². The van der Waals surface area contributed by atoms with Crippen molar-refractivity contribution in [3.8, 4) is 5.75 Å². The molecular formula is C29H26Cl2N4O5. The highest BCUT2D eigenvalue weighted by Gasteiger charge is 2.19. The number of rotatable bonds is 9. The summed E-state index contributed by atoms with van der Waals surface area (Å²) in [5.74, 6) is -0.0188. The Morgan fingerprint density at radius 2 is 1.82 bits per heavy atom. The molecular weight excluding hydrogens is 555 g/mol. The third-order valence-corrected chi connectivity index (χ3v) is 6.78. The number of aromatic nitrogens is 1. The third kappa shape index (κ3) is 6.62. The summed E-state index contributed by atoms with van der Waals surface area (Å²) in [5.41, 5.74) is 3.32. The zero-order chi connectivity index (χ0) is 28.8. The molecule has 0 aliphatic carbocycles. The predicted molar refractivity (Wildman–Crippen MR) is 155 cm³/mol. The van der Waals surface area contributed by atoms with E-state index in [4.69, 9.17) is 32.4 Å². The molecule has 4 rings (SSSR count). The van der Waals surface area contributed by atoms with Crippen molar-refractivity contribution in [2.45, 2.75) is 13.5 Å². The van der Waals surface area contributed by atoms with Gasteiger partial charge in [-0.25, -0.2) is 4.98 Å². The van der Waals surface area contributed by atoms with Crippen LogP contribution in [-0.2, 0) is 16.2 Å². The summed E-state index contributed by atoms with van der Waals surface area (Å²) in [6, 6.07) is 15.3. The number of anilines is 1. The van der Waals surface area contributed by atoms with Gasteiger partial charge in [0.05, 0.1) is 17.3 Å². The van der Waals surface area contributed by atoms with Crippen molar-refractivity contribution in [1.82, 2.24) is 15.6 Å². The van der Waals surface area contributed by atoms with Crippen molar-refractivity contribution in [2.75, 3.05) is 25.5 Å². The number of hydrogen-bond acceptors (Lipinski definition) is 6. The van der Waals surface area contributed by atoms with E-state index in [1.165, 1.54) is 11.0 Å². The topological polar surface area (TPSA) is 114 Å². The van der Waals surface area contributed by atoms with Gasteiger partial charge in [0.15, 0.2) is 17.0 Å². The molecule has 4 aromatic rings. The summed E-state index contributed by atoms with van der Waals surface area (Å²) in [6.45, 7) is 1.53. The molecule has 2 N–H and O–H groups in total. The zero-order valence-electron chi connectivity index (χ0n) is 22.0. The van der Waals surface area contributed by atoms with Crippen LogP contribution in [0.4, 0.5) is 5.69 Å². The highest BCUT2D eigenvalue weighted by molar-refractivity contribution is 6.38. The standard InChI is InChI=1S/C29H26Cl2N4O5/c1-17-34-28-23(5-4-6-24(28)40-17)39-16-20-21(30)12-13-22(27(20)31)35(3)26(37)15-33-25(36)14-9-18-7-10-19(11-8-18)29(38)32-2/h4-14H,15-16H2,1-3H3,(H,32,38)(H,33,36)/b14-9+. The maximum atomic E-state index is 12.8. The van der Waals surface area contributed by atoms with Crippen LogP contribution in [0.25, 0.3) is 17.2 Å². The molecule has 0 aliphatic heterocycles. The second-order valence-electron chi connectivity index (χ2n) is 8.69. The van der Waals surface area contributed by atoms with E-state index in [1.807, 2.05) is 0 Å². The summed E-state index contributed by atoms with van der Waals surface area (Å²) in [5, 5.41) is 5.73. The van der Waals surface area contributed by atoms with E-state index in [0.717, 1.165) is 5.56 Å². The van der Waals surface area contributed by atoms with Gasteiger partial charge >= 0.3 is 0 Å². The van der Waals surface area contributed by atoms with E-state index in [1.54, 1.807) is 81.7 Å². The summed E-state index contributed by atoms with van der Waals surface area (Å²) >= 11 is 13.1. The van der Waals surface area contributed by atoms with Gasteiger partial charge < -0.3 is 24.7 Å². The fourth-order valence-electron chi connectivity index (χ4n) is 3.81. The number of likely N-dealkylation sites (N-methyl/N-ethyl adjacent to an activating group) is 1. The van der Waals surface area contributed by atoms with Gasteiger partial charge in [0.1, 0.15) is 12.4 Å². The Labute approximate surface area is 240 Å². The lowest BCUT2D eigenvalue weighted by molar-refractivity contribution is -0.122. The molecule has 0 spiro atoms. The number of fused-ring (bicyclic) bond motifs is 1. The lowest BCUT2D eigenvalue weighted by Crippen LogP contribution is -2.37. The van der Waals surface area contributed by atoms with Crippen LogP contribution in [0.3, 0.4) is 0 Å². The molecule has 0 saturated carbocycles. The summed E-state index contributed by atoms with van der Waals surface area (Å²) in [7, 11) is 3.10. The van der Waals surface area contributed by atoms with E-state index < -0.39 is 11.8 Å². The number of hydrogen-bond donors (Lipinski definition) is 2. The molecule has 0 aliphatic rings. The van der Waals surface area contributed by atoms with E-state index >= 15 is 0 Å². The van der Waals surface area contributed by atoms with Crippen molar-refractivity contribution in [1.29, 1.82) is 0 Å². The summed E-state index contributed by atoms with van der Waals surface area (Å²) in [6.07, 6.45) is 2.89. The molecule has 11 heteroatoms. The van der Waals surface area contributed by atoms with Crippen LogP contribution in [0.15, 0.2) is 65.1 Å². The Morgan fingerprint density at radius 1 is 1.07 bits per heavy atom. The number of carbonyl (C=O) groups excluding carboxylic acids is 3. The number of amides is 3. The fourth-order valence-corrected chi connectivity index (χ4v) is 4.42. The Balaban J connectivity index is 1.37. The first kappa shape index (κ1) is 28.7. The Hall–Kier alpha value is -4.34. The number of para-hydroxylation sites is 1. The summed E-state index contributed by atoms with van der Waals surface area (Å²) < 4.78 is 11.5. The Bertz CT molecular complexity index is 1600. The first-order valence-corrected chi connectivity index (χ1v) is 12.9. The number of nitrogens with zero attached hydrogens (tertiary/aromatic N) is 2. The fraction of sp³-hybridized carbons (Fsp3) is 0.172. The first-order valence-electron chi connectivity index (χ1n) is 12.2. The first-order chi connectivity index (χ1) is 19.2.